The van der Waals surface area contributed by atoms with Crippen LogP contribution in [0.5, 0.6) is 0 Å². The minimum absolute atomic E-state index is 0.324. The van der Waals surface area contributed by atoms with Gasteiger partial charge in [0, 0.05) is 6.08 Å². The highest BCUT2D eigenvalue weighted by Gasteiger charge is 1.98. The molecule has 0 saturated carbocycles. The number of allylic oxidation sites excluding steroid dienone is 2. The van der Waals surface area contributed by atoms with E-state index < -0.39 is 5.97 Å². The lowest BCUT2D eigenvalue weighted by Crippen LogP contribution is -2.01. The molecule has 0 aromatic carbocycles. The molecule has 0 fully saturated rings. The molecule has 0 aliphatic carbocycles. The Morgan fingerprint density at radius 2 is 1.57 bits per heavy atom. The molecule has 0 spiro atoms. The lowest BCUT2D eigenvalue weighted by Gasteiger charge is -2.04. The van der Waals surface area contributed by atoms with Gasteiger partial charge in [-0.2, -0.15) is 0 Å². The summed E-state index contributed by atoms with van der Waals surface area (Å²) in [7, 11) is 0. The molecule has 2 N–H and O–H groups in total. The quantitative estimate of drug-likeness (QED) is 0.273. The first-order valence-corrected chi connectivity index (χ1v) is 8.41. The van der Waals surface area contributed by atoms with Crippen molar-refractivity contribution in [1.82, 2.24) is 0 Å². The number of carbonyl (C=O) groups is 1. The first kappa shape index (κ1) is 19.9. The SMILES string of the molecule is CCCCCCCC=CC(O)CCCCCC=CC(=O)O. The summed E-state index contributed by atoms with van der Waals surface area (Å²) >= 11 is 0. The van der Waals surface area contributed by atoms with Gasteiger partial charge in [-0.05, 0) is 32.1 Å². The minimum atomic E-state index is -0.884. The summed E-state index contributed by atoms with van der Waals surface area (Å²) in [4.78, 5) is 10.2. The number of hydrogen-bond donors (Lipinski definition) is 2. The van der Waals surface area contributed by atoms with E-state index in [1.165, 1.54) is 38.2 Å². The van der Waals surface area contributed by atoms with E-state index in [1.54, 1.807) is 6.08 Å². The van der Waals surface area contributed by atoms with Gasteiger partial charge in [-0.15, -0.1) is 0 Å². The maximum absolute atomic E-state index is 10.2. The van der Waals surface area contributed by atoms with Crippen LogP contribution in [0.1, 0.15) is 77.6 Å². The van der Waals surface area contributed by atoms with E-state index in [9.17, 15) is 9.90 Å². The van der Waals surface area contributed by atoms with Crippen molar-refractivity contribution >= 4 is 5.97 Å². The van der Waals surface area contributed by atoms with Gasteiger partial charge in [0.25, 0.3) is 0 Å². The highest BCUT2D eigenvalue weighted by atomic mass is 16.4. The average Bonchev–Trinajstić information content (AvgIpc) is 2.45. The second kappa shape index (κ2) is 15.3. The molecule has 0 saturated heterocycles. The molecule has 0 aromatic rings. The molecule has 21 heavy (non-hydrogen) atoms. The maximum Gasteiger partial charge on any atom is 0.327 e. The number of aliphatic hydroxyl groups excluding tert-OH is 1. The fraction of sp³-hybridized carbons (Fsp3) is 0.722. The Labute approximate surface area is 129 Å². The van der Waals surface area contributed by atoms with Crippen LogP contribution in [0.4, 0.5) is 0 Å². The Bertz CT molecular complexity index is 295. The molecule has 0 aliphatic rings. The Morgan fingerprint density at radius 1 is 0.952 bits per heavy atom. The van der Waals surface area contributed by atoms with E-state index in [0.717, 1.165) is 38.5 Å². The van der Waals surface area contributed by atoms with Crippen molar-refractivity contribution < 1.29 is 15.0 Å². The molecule has 1 unspecified atom stereocenters. The van der Waals surface area contributed by atoms with Gasteiger partial charge in [0.1, 0.15) is 0 Å². The van der Waals surface area contributed by atoms with E-state index in [2.05, 4.69) is 13.0 Å². The van der Waals surface area contributed by atoms with E-state index in [4.69, 9.17) is 5.11 Å². The Balaban J connectivity index is 3.37. The third-order valence-electron chi connectivity index (χ3n) is 3.46. The molecule has 0 aliphatic heterocycles. The van der Waals surface area contributed by atoms with Crippen molar-refractivity contribution in [1.29, 1.82) is 0 Å². The fourth-order valence-corrected chi connectivity index (χ4v) is 2.19. The molecule has 0 heterocycles. The summed E-state index contributed by atoms with van der Waals surface area (Å²) < 4.78 is 0. The second-order valence-electron chi connectivity index (χ2n) is 5.58. The van der Waals surface area contributed by atoms with Crippen molar-refractivity contribution in [3.05, 3.63) is 24.3 Å². The zero-order valence-corrected chi connectivity index (χ0v) is 13.5. The number of rotatable bonds is 14. The molecule has 0 radical (unpaired) electrons. The number of aliphatic hydroxyl groups is 1. The van der Waals surface area contributed by atoms with E-state index in [0.29, 0.717) is 0 Å². The topological polar surface area (TPSA) is 57.5 Å². The van der Waals surface area contributed by atoms with Gasteiger partial charge >= 0.3 is 5.97 Å². The van der Waals surface area contributed by atoms with Crippen molar-refractivity contribution in [3.63, 3.8) is 0 Å². The van der Waals surface area contributed by atoms with Crippen LogP contribution < -0.4 is 0 Å². The van der Waals surface area contributed by atoms with E-state index in [1.807, 2.05) is 6.08 Å². The first-order chi connectivity index (χ1) is 10.2. The molecule has 0 aromatic heterocycles. The number of aliphatic carboxylic acids is 1. The molecule has 0 rings (SSSR count). The summed E-state index contributed by atoms with van der Waals surface area (Å²) in [6, 6.07) is 0. The highest BCUT2D eigenvalue weighted by Crippen LogP contribution is 2.09. The normalized spacial score (nSPS) is 13.2. The summed E-state index contributed by atoms with van der Waals surface area (Å²) in [5.41, 5.74) is 0. The Kier molecular flexibility index (Phi) is 14.5. The number of carboxylic acids is 1. The Morgan fingerprint density at radius 3 is 2.24 bits per heavy atom. The molecule has 122 valence electrons. The zero-order valence-electron chi connectivity index (χ0n) is 13.5. The summed E-state index contributed by atoms with van der Waals surface area (Å²) in [5, 5.41) is 18.2. The van der Waals surface area contributed by atoms with Crippen LogP contribution in [0.15, 0.2) is 24.3 Å². The summed E-state index contributed by atoms with van der Waals surface area (Å²) in [6.07, 6.45) is 18.7. The van der Waals surface area contributed by atoms with Crippen LogP contribution in [-0.4, -0.2) is 22.3 Å². The van der Waals surface area contributed by atoms with Crippen molar-refractivity contribution in [2.45, 2.75) is 83.7 Å². The molecule has 0 amide bonds. The van der Waals surface area contributed by atoms with Crippen molar-refractivity contribution in [2.24, 2.45) is 0 Å². The minimum Gasteiger partial charge on any atom is -0.478 e. The Hall–Kier alpha value is -1.09. The molecule has 0 bridgehead atoms. The predicted molar refractivity (Wildman–Crippen MR) is 88.4 cm³/mol. The van der Waals surface area contributed by atoms with Gasteiger partial charge in [-0.3, -0.25) is 0 Å². The highest BCUT2D eigenvalue weighted by molar-refractivity contribution is 5.79. The second-order valence-corrected chi connectivity index (χ2v) is 5.58. The fourth-order valence-electron chi connectivity index (χ4n) is 2.19. The monoisotopic (exact) mass is 296 g/mol. The van der Waals surface area contributed by atoms with E-state index in [-0.39, 0.29) is 6.10 Å². The van der Waals surface area contributed by atoms with Gasteiger partial charge < -0.3 is 10.2 Å². The summed E-state index contributed by atoms with van der Waals surface area (Å²) in [5.74, 6) is -0.884. The van der Waals surface area contributed by atoms with Gasteiger partial charge in [-0.1, -0.05) is 63.7 Å². The molecular formula is C18H32O3. The van der Waals surface area contributed by atoms with Crippen LogP contribution in [0.2, 0.25) is 0 Å². The summed E-state index contributed by atoms with van der Waals surface area (Å²) in [6.45, 7) is 2.22. The molecule has 3 heteroatoms. The van der Waals surface area contributed by atoms with Crippen LogP contribution >= 0.6 is 0 Å². The number of carboxylic acid groups (broad SMARTS) is 1. The van der Waals surface area contributed by atoms with Crippen molar-refractivity contribution in [3.8, 4) is 0 Å². The van der Waals surface area contributed by atoms with Crippen molar-refractivity contribution in [2.75, 3.05) is 0 Å². The van der Waals surface area contributed by atoms with Crippen LogP contribution in [0.3, 0.4) is 0 Å². The third-order valence-corrected chi connectivity index (χ3v) is 3.46. The van der Waals surface area contributed by atoms with Crippen LogP contribution in [-0.2, 0) is 4.79 Å². The lowest BCUT2D eigenvalue weighted by atomic mass is 10.1. The van der Waals surface area contributed by atoms with E-state index >= 15 is 0 Å². The third kappa shape index (κ3) is 16.9. The number of unbranched alkanes of at least 4 members (excludes halogenated alkanes) is 8. The molecule has 1 atom stereocenters. The van der Waals surface area contributed by atoms with Gasteiger partial charge in [-0.25, -0.2) is 4.79 Å². The maximum atomic E-state index is 10.2. The lowest BCUT2D eigenvalue weighted by molar-refractivity contribution is -0.131. The molecular weight excluding hydrogens is 264 g/mol. The first-order valence-electron chi connectivity index (χ1n) is 8.41. The molecule has 3 nitrogen and oxygen atoms in total. The van der Waals surface area contributed by atoms with Gasteiger partial charge in [0.15, 0.2) is 0 Å². The van der Waals surface area contributed by atoms with Crippen LogP contribution in [0.25, 0.3) is 0 Å². The average molecular weight is 296 g/mol. The standard InChI is InChI=1S/C18H32O3/c1-2-3-4-5-6-8-11-14-17(19)15-12-9-7-10-13-16-18(20)21/h11,13-14,16-17,19H,2-10,12,15H2,1H3,(H,20,21). The number of hydrogen-bond acceptors (Lipinski definition) is 2. The van der Waals surface area contributed by atoms with Gasteiger partial charge in [0.05, 0.1) is 6.10 Å². The van der Waals surface area contributed by atoms with Gasteiger partial charge in [0.2, 0.25) is 0 Å². The largest absolute Gasteiger partial charge is 0.478 e. The smallest absolute Gasteiger partial charge is 0.327 e. The van der Waals surface area contributed by atoms with Crippen LogP contribution in [0, 0.1) is 0 Å². The zero-order chi connectivity index (χ0) is 15.8. The predicted octanol–water partition coefficient (Wildman–Crippen LogP) is 4.86.